The van der Waals surface area contributed by atoms with E-state index < -0.39 is 21.2 Å². The van der Waals surface area contributed by atoms with Crippen LogP contribution in [0.4, 0.5) is 8.78 Å². The molecule has 2 aromatic carbocycles. The summed E-state index contributed by atoms with van der Waals surface area (Å²) < 4.78 is 42.5. The molecule has 0 saturated carbocycles. The molecule has 0 amide bonds. The normalized spacial score (nSPS) is 12.6. The molecule has 2 rings (SSSR count). The number of hydrogen-bond acceptors (Lipinski definition) is 3. The van der Waals surface area contributed by atoms with Crippen molar-refractivity contribution < 1.29 is 22.1 Å². The Morgan fingerprint density at radius 2 is 1.41 bits per heavy atom. The predicted molar refractivity (Wildman–Crippen MR) is 82.5 cm³/mol. The SMILES string of the molecule is CO[SiH](OC)OC(C)c1ccc(-c2cc(F)cc(F)c2)cc1. The van der Waals surface area contributed by atoms with Crippen LogP contribution in [-0.2, 0) is 13.3 Å². The second kappa shape index (κ2) is 7.60. The monoisotopic (exact) mass is 324 g/mol. The third kappa shape index (κ3) is 4.20. The quantitative estimate of drug-likeness (QED) is 0.758. The Morgan fingerprint density at radius 3 is 1.91 bits per heavy atom. The van der Waals surface area contributed by atoms with E-state index in [0.29, 0.717) is 5.56 Å². The summed E-state index contributed by atoms with van der Waals surface area (Å²) in [5, 5.41) is 0. The molecule has 1 unspecified atom stereocenters. The average Bonchev–Trinajstić information content (AvgIpc) is 2.51. The van der Waals surface area contributed by atoms with Crippen molar-refractivity contribution in [1.29, 1.82) is 0 Å². The van der Waals surface area contributed by atoms with Gasteiger partial charge in [0.15, 0.2) is 0 Å². The van der Waals surface area contributed by atoms with Gasteiger partial charge in [0, 0.05) is 20.3 Å². The van der Waals surface area contributed by atoms with E-state index in [0.717, 1.165) is 17.2 Å². The van der Waals surface area contributed by atoms with E-state index in [1.165, 1.54) is 12.1 Å². The van der Waals surface area contributed by atoms with Crippen LogP contribution in [-0.4, -0.2) is 23.7 Å². The van der Waals surface area contributed by atoms with Gasteiger partial charge in [-0.15, -0.1) is 0 Å². The first kappa shape index (κ1) is 16.8. The number of hydrogen-bond donors (Lipinski definition) is 0. The van der Waals surface area contributed by atoms with Crippen molar-refractivity contribution in [3.05, 3.63) is 59.7 Å². The molecule has 0 radical (unpaired) electrons. The minimum atomic E-state index is -2.10. The molecule has 0 bridgehead atoms. The van der Waals surface area contributed by atoms with Crippen LogP contribution in [0.3, 0.4) is 0 Å². The highest BCUT2D eigenvalue weighted by molar-refractivity contribution is 6.36. The van der Waals surface area contributed by atoms with Crippen molar-refractivity contribution in [2.24, 2.45) is 0 Å². The van der Waals surface area contributed by atoms with Gasteiger partial charge in [-0.25, -0.2) is 8.78 Å². The molecule has 0 fully saturated rings. The lowest BCUT2D eigenvalue weighted by Gasteiger charge is -2.18. The molecular weight excluding hydrogens is 306 g/mol. The molecule has 22 heavy (non-hydrogen) atoms. The molecule has 3 nitrogen and oxygen atoms in total. The van der Waals surface area contributed by atoms with Crippen molar-refractivity contribution in [3.63, 3.8) is 0 Å². The maximum absolute atomic E-state index is 13.3. The minimum Gasteiger partial charge on any atom is -0.379 e. The van der Waals surface area contributed by atoms with Gasteiger partial charge in [0.1, 0.15) is 11.6 Å². The zero-order chi connectivity index (χ0) is 16.1. The first-order valence-corrected chi connectivity index (χ1v) is 8.22. The van der Waals surface area contributed by atoms with Crippen LogP contribution in [0.25, 0.3) is 11.1 Å². The number of benzene rings is 2. The van der Waals surface area contributed by atoms with Crippen LogP contribution < -0.4 is 0 Å². The van der Waals surface area contributed by atoms with E-state index in [9.17, 15) is 8.78 Å². The van der Waals surface area contributed by atoms with Crippen molar-refractivity contribution >= 4 is 9.53 Å². The fourth-order valence-corrected chi connectivity index (χ4v) is 3.02. The molecule has 6 heteroatoms. The van der Waals surface area contributed by atoms with Crippen molar-refractivity contribution in [1.82, 2.24) is 0 Å². The highest BCUT2D eigenvalue weighted by Crippen LogP contribution is 2.25. The van der Waals surface area contributed by atoms with Crippen molar-refractivity contribution in [2.75, 3.05) is 14.2 Å². The lowest BCUT2D eigenvalue weighted by atomic mass is 10.0. The van der Waals surface area contributed by atoms with Crippen LogP contribution >= 0.6 is 0 Å². The molecule has 0 saturated heterocycles. The van der Waals surface area contributed by atoms with Gasteiger partial charge in [0.25, 0.3) is 0 Å². The maximum Gasteiger partial charge on any atom is 0.484 e. The average molecular weight is 324 g/mol. The molecular formula is C16H18F2O3Si. The van der Waals surface area contributed by atoms with E-state index in [2.05, 4.69) is 0 Å². The molecule has 0 N–H and O–H groups in total. The zero-order valence-corrected chi connectivity index (χ0v) is 13.8. The van der Waals surface area contributed by atoms with Gasteiger partial charge in [-0.2, -0.15) is 0 Å². The number of rotatable bonds is 6. The summed E-state index contributed by atoms with van der Waals surface area (Å²) in [6.45, 7) is 1.90. The molecule has 1 atom stereocenters. The lowest BCUT2D eigenvalue weighted by Crippen LogP contribution is -2.25. The lowest BCUT2D eigenvalue weighted by molar-refractivity contribution is 0.0951. The first-order valence-electron chi connectivity index (χ1n) is 6.81. The third-order valence-corrected chi connectivity index (χ3v) is 4.68. The van der Waals surface area contributed by atoms with Gasteiger partial charge in [-0.05, 0) is 35.7 Å². The molecule has 0 aromatic heterocycles. The van der Waals surface area contributed by atoms with Crippen LogP contribution in [0.2, 0.25) is 0 Å². The molecule has 0 aliphatic carbocycles. The smallest absolute Gasteiger partial charge is 0.379 e. The summed E-state index contributed by atoms with van der Waals surface area (Å²) in [4.78, 5) is 0. The Morgan fingerprint density at radius 1 is 0.864 bits per heavy atom. The van der Waals surface area contributed by atoms with E-state index in [-0.39, 0.29) is 6.10 Å². The van der Waals surface area contributed by atoms with Gasteiger partial charge in [-0.1, -0.05) is 24.3 Å². The van der Waals surface area contributed by atoms with Crippen LogP contribution in [0.15, 0.2) is 42.5 Å². The van der Waals surface area contributed by atoms with Gasteiger partial charge in [0.05, 0.1) is 6.10 Å². The highest BCUT2D eigenvalue weighted by atomic mass is 28.3. The second-order valence-corrected chi connectivity index (χ2v) is 6.61. The highest BCUT2D eigenvalue weighted by Gasteiger charge is 2.17. The van der Waals surface area contributed by atoms with Gasteiger partial charge < -0.3 is 13.3 Å². The Labute approximate surface area is 130 Å². The van der Waals surface area contributed by atoms with E-state index in [1.807, 2.05) is 19.1 Å². The summed E-state index contributed by atoms with van der Waals surface area (Å²) in [5.74, 6) is -1.19. The Kier molecular flexibility index (Phi) is 5.79. The van der Waals surface area contributed by atoms with Crippen LogP contribution in [0.1, 0.15) is 18.6 Å². The largest absolute Gasteiger partial charge is 0.484 e. The Bertz CT molecular complexity index is 595. The summed E-state index contributed by atoms with van der Waals surface area (Å²) in [5.41, 5.74) is 2.17. The van der Waals surface area contributed by atoms with Crippen LogP contribution in [0.5, 0.6) is 0 Å². The van der Waals surface area contributed by atoms with Gasteiger partial charge in [0.2, 0.25) is 0 Å². The Hall–Kier alpha value is -1.60. The summed E-state index contributed by atoms with van der Waals surface area (Å²) in [6, 6.07) is 10.8. The fourth-order valence-electron chi connectivity index (χ4n) is 2.12. The Balaban J connectivity index is 2.16. The molecule has 2 aromatic rings. The molecule has 0 aliphatic heterocycles. The number of halogens is 2. The first-order chi connectivity index (χ1) is 10.5. The summed E-state index contributed by atoms with van der Waals surface area (Å²) in [6.07, 6.45) is -0.185. The summed E-state index contributed by atoms with van der Waals surface area (Å²) >= 11 is 0. The van der Waals surface area contributed by atoms with E-state index in [4.69, 9.17) is 13.3 Å². The van der Waals surface area contributed by atoms with Crippen LogP contribution in [0, 0.1) is 11.6 Å². The minimum absolute atomic E-state index is 0.185. The van der Waals surface area contributed by atoms with Crippen molar-refractivity contribution in [2.45, 2.75) is 13.0 Å². The second-order valence-electron chi connectivity index (χ2n) is 4.82. The topological polar surface area (TPSA) is 27.7 Å². The maximum atomic E-state index is 13.3. The van der Waals surface area contributed by atoms with Gasteiger partial charge >= 0.3 is 9.53 Å². The third-order valence-electron chi connectivity index (χ3n) is 3.28. The van der Waals surface area contributed by atoms with Crippen molar-refractivity contribution in [3.8, 4) is 11.1 Å². The van der Waals surface area contributed by atoms with Gasteiger partial charge in [-0.3, -0.25) is 0 Å². The standard InChI is InChI=1S/C16H18F2O3Si/c1-11(21-22(19-2)20-3)12-4-6-13(7-5-12)14-8-15(17)10-16(18)9-14/h4-11,22H,1-3H3. The summed E-state index contributed by atoms with van der Waals surface area (Å²) in [7, 11) is 0.996. The molecule has 118 valence electrons. The molecule has 0 spiro atoms. The zero-order valence-electron chi connectivity index (χ0n) is 12.7. The fraction of sp³-hybridized carbons (Fsp3) is 0.250. The molecule has 0 heterocycles. The predicted octanol–water partition coefficient (Wildman–Crippen LogP) is 3.72. The van der Waals surface area contributed by atoms with E-state index in [1.54, 1.807) is 26.4 Å². The van der Waals surface area contributed by atoms with E-state index >= 15 is 0 Å². The molecule has 0 aliphatic rings.